The summed E-state index contributed by atoms with van der Waals surface area (Å²) in [5, 5.41) is 38.4. The molecule has 3 aromatic carbocycles. The van der Waals surface area contributed by atoms with E-state index in [0.29, 0.717) is 39.9 Å². The summed E-state index contributed by atoms with van der Waals surface area (Å²) in [5.41, 5.74) is 1.15. The molecule has 10 rings (SSSR count). The first-order chi connectivity index (χ1) is 32.0. The first-order valence-corrected chi connectivity index (χ1v) is 23.4. The van der Waals surface area contributed by atoms with Crippen LogP contribution in [0.15, 0.2) is 65.5 Å². The quantitative estimate of drug-likeness (QED) is 0.140. The molecule has 6 heterocycles. The predicted octanol–water partition coefficient (Wildman–Crippen LogP) is 5.11. The number of likely N-dealkylation sites (tertiary alicyclic amines) is 1. The number of benzene rings is 3. The van der Waals surface area contributed by atoms with E-state index in [1.165, 1.54) is 0 Å². The Labute approximate surface area is 393 Å². The fraction of sp³-hybridized carbons (Fsp3) is 0.480. The van der Waals surface area contributed by atoms with Gasteiger partial charge in [-0.25, -0.2) is 10.0 Å². The predicted molar refractivity (Wildman–Crippen MR) is 247 cm³/mol. The summed E-state index contributed by atoms with van der Waals surface area (Å²) < 4.78 is 7.37. The molecule has 1 aromatic heterocycles. The third-order valence-electron chi connectivity index (χ3n) is 14.8. The second-order valence-corrected chi connectivity index (χ2v) is 20.2. The summed E-state index contributed by atoms with van der Waals surface area (Å²) in [4.78, 5) is 67.3. The smallest absolute Gasteiger partial charge is 0.326 e. The maximum absolute atomic E-state index is 13.8. The summed E-state index contributed by atoms with van der Waals surface area (Å²) in [7, 11) is 0. The molecule has 16 nitrogen and oxygen atoms in total. The summed E-state index contributed by atoms with van der Waals surface area (Å²) >= 11 is 6.26. The Morgan fingerprint density at radius 3 is 2.33 bits per heavy atom. The summed E-state index contributed by atoms with van der Waals surface area (Å²) in [6.45, 7) is 12.1. The number of carbonyl (C=O) groups is 4. The lowest BCUT2D eigenvalue weighted by Gasteiger charge is -2.63. The third kappa shape index (κ3) is 8.80. The molecular formula is C50H54ClN9O7. The van der Waals surface area contributed by atoms with E-state index >= 15 is 0 Å². The van der Waals surface area contributed by atoms with Gasteiger partial charge in [0.15, 0.2) is 0 Å². The molecule has 5 saturated heterocycles. The molecule has 6 fully saturated rings. The molecule has 5 aliphatic heterocycles. The molecule has 17 heteroatoms. The minimum Gasteiger partial charge on any atom is -0.489 e. The van der Waals surface area contributed by atoms with Gasteiger partial charge in [0.25, 0.3) is 17.4 Å². The van der Waals surface area contributed by atoms with E-state index in [1.807, 2.05) is 17.1 Å². The van der Waals surface area contributed by atoms with Gasteiger partial charge in [-0.2, -0.15) is 9.94 Å². The number of amides is 3. The molecule has 6 aliphatic rings. The van der Waals surface area contributed by atoms with Gasteiger partial charge in [0.05, 0.1) is 16.0 Å². The van der Waals surface area contributed by atoms with Gasteiger partial charge in [-0.05, 0) is 105 Å². The highest BCUT2D eigenvalue weighted by atomic mass is 35.5. The SMILES string of the molecule is CC1(C)C(NC(=O)c2ccc(C#CC3CCN(C[C@H]4C5CCN(CC5)N4[C@@H](C(=O)O)c4ccc5nnn([C@@H]6CCC(=O)NC6=O)c(=O)c5c4)CC3)cc2)C(C)(C)C1Oc1ccc(C#N)c(Cl)c1. The first-order valence-electron chi connectivity index (χ1n) is 23.0. The van der Waals surface area contributed by atoms with E-state index < -0.39 is 35.4 Å². The van der Waals surface area contributed by atoms with Crippen LogP contribution in [0.4, 0.5) is 0 Å². The number of aliphatic carboxylic acids is 1. The van der Waals surface area contributed by atoms with Crippen molar-refractivity contribution in [1.82, 2.24) is 40.5 Å². The largest absolute Gasteiger partial charge is 0.489 e. The molecule has 3 N–H and O–H groups in total. The van der Waals surface area contributed by atoms with Crippen LogP contribution < -0.4 is 20.9 Å². The van der Waals surface area contributed by atoms with E-state index in [9.17, 15) is 34.3 Å². The van der Waals surface area contributed by atoms with Gasteiger partial charge in [0.1, 0.15) is 35.5 Å². The van der Waals surface area contributed by atoms with Gasteiger partial charge in [0, 0.05) is 72.1 Å². The normalized spacial score (nSPS) is 26.3. The van der Waals surface area contributed by atoms with Gasteiger partial charge in [-0.1, -0.05) is 62.4 Å². The topological polar surface area (TPSA) is 203 Å². The zero-order valence-corrected chi connectivity index (χ0v) is 38.8. The minimum atomic E-state index is -1.06. The number of carboxylic acid groups (broad SMARTS) is 1. The number of rotatable bonds is 10. The number of ether oxygens (including phenoxy) is 1. The number of hydrogen-bond acceptors (Lipinski definition) is 12. The van der Waals surface area contributed by atoms with Crippen molar-refractivity contribution in [3.8, 4) is 23.7 Å². The lowest BCUT2D eigenvalue weighted by molar-refractivity contribution is -0.196. The van der Waals surface area contributed by atoms with Crippen LogP contribution in [-0.2, 0) is 14.4 Å². The van der Waals surface area contributed by atoms with Crippen molar-refractivity contribution in [1.29, 1.82) is 5.26 Å². The van der Waals surface area contributed by atoms with Crippen molar-refractivity contribution < 1.29 is 29.0 Å². The highest BCUT2D eigenvalue weighted by Gasteiger charge is 2.64. The van der Waals surface area contributed by atoms with Crippen LogP contribution in [0.2, 0.25) is 5.02 Å². The van der Waals surface area contributed by atoms with Crippen LogP contribution in [0.5, 0.6) is 5.75 Å². The molecule has 348 valence electrons. The number of nitrogens with one attached hydrogen (secondary N) is 2. The van der Waals surface area contributed by atoms with Crippen molar-refractivity contribution in [3.05, 3.63) is 98.3 Å². The molecule has 0 unspecified atom stereocenters. The maximum atomic E-state index is 13.8. The van der Waals surface area contributed by atoms with E-state index in [0.717, 1.165) is 62.1 Å². The number of carboxylic acids is 1. The second kappa shape index (κ2) is 18.1. The Kier molecular flexibility index (Phi) is 12.4. The molecule has 67 heavy (non-hydrogen) atoms. The molecule has 0 spiro atoms. The van der Waals surface area contributed by atoms with E-state index in [-0.39, 0.29) is 64.6 Å². The fourth-order valence-electron chi connectivity index (χ4n) is 11.5. The highest BCUT2D eigenvalue weighted by Crippen LogP contribution is 2.55. The average Bonchev–Trinajstić information content (AvgIpc) is 3.31. The minimum absolute atomic E-state index is 0.0574. The Bertz CT molecular complexity index is 2780. The lowest BCUT2D eigenvalue weighted by Crippen LogP contribution is -2.74. The van der Waals surface area contributed by atoms with Crippen molar-refractivity contribution in [3.63, 3.8) is 0 Å². The monoisotopic (exact) mass is 927 g/mol. The average molecular weight is 928 g/mol. The molecule has 3 atom stereocenters. The molecule has 1 aliphatic carbocycles. The number of hydrazine groups is 1. The van der Waals surface area contributed by atoms with E-state index in [2.05, 4.69) is 76.5 Å². The first kappa shape index (κ1) is 46.0. The van der Waals surface area contributed by atoms with Crippen LogP contribution in [-0.4, -0.2) is 110 Å². The molecule has 4 aromatic rings. The lowest BCUT2D eigenvalue weighted by atomic mass is 9.49. The Morgan fingerprint density at radius 2 is 1.67 bits per heavy atom. The zero-order valence-electron chi connectivity index (χ0n) is 38.0. The Hall–Kier alpha value is -6.17. The van der Waals surface area contributed by atoms with Gasteiger partial charge < -0.3 is 20.1 Å². The van der Waals surface area contributed by atoms with Crippen molar-refractivity contribution in [2.45, 2.75) is 96.5 Å². The molecule has 2 bridgehead atoms. The standard InChI is InChI=1S/C50H54ClN9O7/c1-49(2)47(50(3,4)48(49)67-35-13-11-34(27-52)37(51)26-35)54-43(62)32-9-7-29(8-10-32)5-6-30-17-21-57(22-18-30)28-40-31-19-23-58(24-20-31)60(40)42(46(65)66)33-12-14-38-36(25-33)45(64)59(56-55-38)39-15-16-41(61)53-44(39)63/h7-14,25-26,30-31,39-40,42,47-48H,15-24,28H2,1-4H3,(H,54,62)(H,65,66)(H,53,61,63)/t39-,40+,42-,47?,48?/m1/s1. The van der Waals surface area contributed by atoms with Crippen molar-refractivity contribution in [2.75, 3.05) is 32.7 Å². The summed E-state index contributed by atoms with van der Waals surface area (Å²) in [5.74, 6) is 5.66. The number of hydrogen-bond donors (Lipinski definition) is 3. The van der Waals surface area contributed by atoms with Crippen LogP contribution in [0.3, 0.4) is 0 Å². The zero-order chi connectivity index (χ0) is 47.4. The summed E-state index contributed by atoms with van der Waals surface area (Å²) in [6.07, 6.45) is 3.67. The number of halogens is 1. The van der Waals surface area contributed by atoms with E-state index in [1.54, 1.807) is 48.5 Å². The van der Waals surface area contributed by atoms with Gasteiger partial charge in [0.2, 0.25) is 5.91 Å². The number of imide groups is 1. The third-order valence-corrected chi connectivity index (χ3v) is 15.1. The number of nitrogens with zero attached hydrogens (tertiary/aromatic N) is 7. The van der Waals surface area contributed by atoms with Crippen molar-refractivity contribution in [2.24, 2.45) is 22.7 Å². The highest BCUT2D eigenvalue weighted by molar-refractivity contribution is 6.31. The maximum Gasteiger partial charge on any atom is 0.326 e. The van der Waals surface area contributed by atoms with Crippen LogP contribution in [0.1, 0.15) is 105 Å². The van der Waals surface area contributed by atoms with Crippen LogP contribution >= 0.6 is 11.6 Å². The van der Waals surface area contributed by atoms with Gasteiger partial charge in [-0.15, -0.1) is 5.10 Å². The Balaban J connectivity index is 0.819. The number of fused-ring (bicyclic) bond motifs is 4. The second-order valence-electron chi connectivity index (χ2n) is 19.8. The molecule has 0 radical (unpaired) electrons. The Morgan fingerprint density at radius 1 is 0.955 bits per heavy atom. The van der Waals surface area contributed by atoms with Crippen molar-refractivity contribution >= 4 is 46.2 Å². The fourth-order valence-corrected chi connectivity index (χ4v) is 11.7. The molecule has 3 amide bonds. The van der Waals surface area contributed by atoms with Gasteiger partial charge in [-0.3, -0.25) is 29.3 Å². The molecule has 1 saturated carbocycles. The van der Waals surface area contributed by atoms with Gasteiger partial charge >= 0.3 is 5.97 Å². The molecular weight excluding hydrogens is 874 g/mol. The number of piperidine rings is 3. The van der Waals surface area contributed by atoms with Crippen LogP contribution in [0.25, 0.3) is 10.9 Å². The van der Waals surface area contributed by atoms with Crippen LogP contribution in [0, 0.1) is 45.8 Å². The number of nitriles is 1. The number of carbonyl (C=O) groups excluding carboxylic acids is 3. The summed E-state index contributed by atoms with van der Waals surface area (Å²) in [6, 6.07) is 17.1. The van der Waals surface area contributed by atoms with E-state index in [4.69, 9.17) is 16.3 Å². The number of aromatic nitrogens is 3.